The quantitative estimate of drug-likeness (QED) is 0.111. The summed E-state index contributed by atoms with van der Waals surface area (Å²) in [6, 6.07) is 0. The van der Waals surface area contributed by atoms with Gasteiger partial charge in [-0.1, -0.05) is 32.4 Å². The molecule has 25 atom stereocenters. The van der Waals surface area contributed by atoms with E-state index in [1.54, 1.807) is 0 Å². The molecule has 0 aromatic rings. The molecule has 1 spiro atoms. The van der Waals surface area contributed by atoms with Gasteiger partial charge in [-0.05, 0) is 74.5 Å². The van der Waals surface area contributed by atoms with E-state index < -0.39 is 117 Å². The highest BCUT2D eigenvalue weighted by Gasteiger charge is 2.76. The lowest BCUT2D eigenvalue weighted by Crippen LogP contribution is -2.65. The van der Waals surface area contributed by atoms with Gasteiger partial charge in [-0.3, -0.25) is 0 Å². The minimum Gasteiger partial charge on any atom is -0.396 e. The van der Waals surface area contributed by atoms with Gasteiger partial charge in [0.15, 0.2) is 24.7 Å². The molecule has 0 aromatic carbocycles. The van der Waals surface area contributed by atoms with Gasteiger partial charge in [-0.15, -0.1) is 0 Å². The lowest BCUT2D eigenvalue weighted by Gasteiger charge is -2.60. The molecule has 4 aliphatic carbocycles. The zero-order valence-corrected chi connectivity index (χ0v) is 36.3. The highest BCUT2D eigenvalue weighted by molar-refractivity contribution is 5.29. The van der Waals surface area contributed by atoms with Gasteiger partial charge in [0.25, 0.3) is 0 Å². The van der Waals surface area contributed by atoms with Gasteiger partial charge in [0.2, 0.25) is 0 Å². The van der Waals surface area contributed by atoms with Crippen LogP contribution in [0.2, 0.25) is 0 Å². The highest BCUT2D eigenvalue weighted by atomic mass is 16.8. The predicted octanol–water partition coefficient (Wildman–Crippen LogP) is -2.09. The Morgan fingerprint density at radius 1 is 0.730 bits per heavy atom. The number of aliphatic hydroxyl groups excluding tert-OH is 10. The van der Waals surface area contributed by atoms with Crippen molar-refractivity contribution in [3.8, 4) is 0 Å². The van der Waals surface area contributed by atoms with Crippen molar-refractivity contribution in [1.29, 1.82) is 0 Å². The second kappa shape index (κ2) is 17.5. The first-order valence-corrected chi connectivity index (χ1v) is 23.2. The van der Waals surface area contributed by atoms with Crippen LogP contribution in [-0.2, 0) is 37.9 Å². The second-order valence-corrected chi connectivity index (χ2v) is 20.7. The maximum atomic E-state index is 12.8. The molecule has 25 unspecified atom stereocenters. The summed E-state index contributed by atoms with van der Waals surface area (Å²) in [5.41, 5.74) is -0.263. The fourth-order valence-electron chi connectivity index (χ4n) is 13.7. The van der Waals surface area contributed by atoms with Crippen molar-refractivity contribution in [3.63, 3.8) is 0 Å². The minimum atomic E-state index is -1.83. The average Bonchev–Trinajstić information content (AvgIpc) is 3.63. The van der Waals surface area contributed by atoms with Gasteiger partial charge < -0.3 is 94.1 Å². The number of rotatable bonds is 9. The van der Waals surface area contributed by atoms with E-state index in [1.165, 1.54) is 5.57 Å². The van der Waals surface area contributed by atoms with Crippen LogP contribution >= 0.6 is 0 Å². The summed E-state index contributed by atoms with van der Waals surface area (Å²) in [5.74, 6) is -0.00211. The van der Waals surface area contributed by atoms with Crippen LogP contribution in [-0.4, -0.2) is 199 Å². The van der Waals surface area contributed by atoms with Crippen LogP contribution in [0.15, 0.2) is 11.6 Å². The Kier molecular flexibility index (Phi) is 13.1. The van der Waals surface area contributed by atoms with Crippen molar-refractivity contribution in [1.82, 2.24) is 0 Å². The summed E-state index contributed by atoms with van der Waals surface area (Å²) in [4.78, 5) is 0. The summed E-state index contributed by atoms with van der Waals surface area (Å²) in [5, 5.41) is 117. The first kappa shape index (κ1) is 47.1. The van der Waals surface area contributed by atoms with Crippen molar-refractivity contribution in [2.75, 3.05) is 33.0 Å². The number of ether oxygens (including phenoxy) is 8. The van der Waals surface area contributed by atoms with Gasteiger partial charge in [0, 0.05) is 30.3 Å². The normalized spacial score (nSPS) is 56.9. The molecule has 19 heteroatoms. The molecule has 5 saturated heterocycles. The standard InChI is InChI=1S/C44H70O19/c1-19-43(11-6-20(14-45)16-58-43)63-29-13-25-23-5-4-21-12-22(7-9-41(21,2)24(23)8-10-42(25,3)44(19,29)55)59-39-36(54)33(51)37(62-40-35(53)32(50)31(49)27(15-46)60-40)28(61-39)18-57-38-34(52)30(48)26(47)17-56-38/h4,19-20,22-40,45-55H,5-18H2,1-3H3. The number of hydrogen-bond donors (Lipinski definition) is 11. The summed E-state index contributed by atoms with van der Waals surface area (Å²) in [6.07, 6.45) is -13.6. The molecule has 360 valence electrons. The van der Waals surface area contributed by atoms with Gasteiger partial charge in [0.05, 0.1) is 38.6 Å². The predicted molar refractivity (Wildman–Crippen MR) is 212 cm³/mol. The van der Waals surface area contributed by atoms with Crippen molar-refractivity contribution in [2.45, 2.75) is 188 Å². The number of allylic oxidation sites excluding steroid dienone is 1. The van der Waals surface area contributed by atoms with Crippen molar-refractivity contribution >= 4 is 0 Å². The molecule has 0 bridgehead atoms. The molecule has 0 radical (unpaired) electrons. The van der Waals surface area contributed by atoms with E-state index in [9.17, 15) is 56.2 Å². The van der Waals surface area contributed by atoms with E-state index in [0.29, 0.717) is 37.7 Å². The zero-order chi connectivity index (χ0) is 45.0. The maximum absolute atomic E-state index is 12.8. The molecule has 5 heterocycles. The molecule has 11 N–H and O–H groups in total. The van der Waals surface area contributed by atoms with E-state index in [-0.39, 0.29) is 47.9 Å². The Hall–Kier alpha value is -1.02. The van der Waals surface area contributed by atoms with E-state index in [2.05, 4.69) is 26.8 Å². The highest BCUT2D eigenvalue weighted by Crippen LogP contribution is 2.72. The minimum absolute atomic E-state index is 0.0774. The van der Waals surface area contributed by atoms with Crippen LogP contribution in [0.25, 0.3) is 0 Å². The largest absolute Gasteiger partial charge is 0.396 e. The van der Waals surface area contributed by atoms with Crippen molar-refractivity contribution < 1.29 is 94.1 Å². The maximum Gasteiger partial charge on any atom is 0.187 e. The molecule has 9 aliphatic rings. The fraction of sp³-hybridized carbons (Fsp3) is 0.955. The zero-order valence-electron chi connectivity index (χ0n) is 36.3. The average molecular weight is 903 g/mol. The van der Waals surface area contributed by atoms with Gasteiger partial charge >= 0.3 is 0 Å². The lowest BCUT2D eigenvalue weighted by atomic mass is 9.46. The Balaban J connectivity index is 0.883. The van der Waals surface area contributed by atoms with E-state index in [4.69, 9.17) is 37.9 Å². The molecule has 0 amide bonds. The fourth-order valence-corrected chi connectivity index (χ4v) is 13.7. The Morgan fingerprint density at radius 3 is 2.16 bits per heavy atom. The summed E-state index contributed by atoms with van der Waals surface area (Å²) >= 11 is 0. The monoisotopic (exact) mass is 902 g/mol. The van der Waals surface area contributed by atoms with E-state index in [1.807, 2.05) is 0 Å². The Bertz CT molecular complexity index is 1650. The first-order valence-electron chi connectivity index (χ1n) is 23.2. The molecular weight excluding hydrogens is 832 g/mol. The second-order valence-electron chi connectivity index (χ2n) is 20.7. The Labute approximate surface area is 366 Å². The molecule has 9 rings (SSSR count). The number of aliphatic hydroxyl groups is 11. The van der Waals surface area contributed by atoms with Crippen molar-refractivity contribution in [3.05, 3.63) is 11.6 Å². The van der Waals surface area contributed by atoms with Crippen LogP contribution in [0.1, 0.15) is 78.6 Å². The third-order valence-corrected chi connectivity index (χ3v) is 17.7. The van der Waals surface area contributed by atoms with E-state index >= 15 is 0 Å². The molecular formula is C44H70O19. The smallest absolute Gasteiger partial charge is 0.187 e. The van der Waals surface area contributed by atoms with Gasteiger partial charge in [0.1, 0.15) is 72.7 Å². The molecule has 0 aromatic heterocycles. The molecule has 5 aliphatic heterocycles. The molecule has 63 heavy (non-hydrogen) atoms. The van der Waals surface area contributed by atoms with Crippen LogP contribution in [0, 0.1) is 40.4 Å². The van der Waals surface area contributed by atoms with Gasteiger partial charge in [-0.25, -0.2) is 0 Å². The molecule has 3 saturated carbocycles. The van der Waals surface area contributed by atoms with E-state index in [0.717, 1.165) is 38.5 Å². The molecule has 8 fully saturated rings. The third kappa shape index (κ3) is 7.52. The molecule has 19 nitrogen and oxygen atoms in total. The number of fused-ring (bicyclic) bond motifs is 7. The van der Waals surface area contributed by atoms with Crippen LogP contribution in [0.5, 0.6) is 0 Å². The summed E-state index contributed by atoms with van der Waals surface area (Å²) < 4.78 is 48.5. The van der Waals surface area contributed by atoms with Crippen LogP contribution in [0.4, 0.5) is 0 Å². The third-order valence-electron chi connectivity index (χ3n) is 17.7. The summed E-state index contributed by atoms with van der Waals surface area (Å²) in [7, 11) is 0. The topological polar surface area (TPSA) is 296 Å². The van der Waals surface area contributed by atoms with Crippen LogP contribution < -0.4 is 0 Å². The number of hydrogen-bond acceptors (Lipinski definition) is 19. The van der Waals surface area contributed by atoms with Crippen LogP contribution in [0.3, 0.4) is 0 Å². The van der Waals surface area contributed by atoms with Crippen molar-refractivity contribution in [2.24, 2.45) is 40.4 Å². The lowest BCUT2D eigenvalue weighted by molar-refractivity contribution is -0.368. The SMILES string of the molecule is CC1C2(CCC(CO)CO2)OC2CC3C4CC=C5CC(OC6OC(COC7OCC(O)C(O)C7O)C(OC7OC(CO)C(O)C(O)C7O)C(O)C6O)CCC5(C)C4CCC3(C)C21O. The van der Waals surface area contributed by atoms with Gasteiger partial charge in [-0.2, -0.15) is 0 Å². The first-order chi connectivity index (χ1) is 29.9. The Morgan fingerprint density at radius 2 is 1.44 bits per heavy atom. The summed E-state index contributed by atoms with van der Waals surface area (Å²) in [6.45, 7) is 5.63.